The summed E-state index contributed by atoms with van der Waals surface area (Å²) in [5, 5.41) is 3.28. The Morgan fingerprint density at radius 2 is 1.88 bits per heavy atom. The molecule has 0 unspecified atom stereocenters. The highest BCUT2D eigenvalue weighted by molar-refractivity contribution is 5.53. The zero-order chi connectivity index (χ0) is 13.2. The summed E-state index contributed by atoms with van der Waals surface area (Å²) in [6.45, 7) is 15.0. The average molecular weight is 229 g/mol. The molecular formula is C16H23N. The SMILES string of the molecule is C=C(C1=C(NC)C(C)=CC(C)=C=C1)C(C)(C)C. The van der Waals surface area contributed by atoms with Crippen molar-refractivity contribution in [3.8, 4) is 0 Å². The minimum absolute atomic E-state index is 0.0636. The minimum atomic E-state index is 0.0636. The van der Waals surface area contributed by atoms with E-state index in [9.17, 15) is 0 Å². The predicted molar refractivity (Wildman–Crippen MR) is 75.7 cm³/mol. The van der Waals surface area contributed by atoms with E-state index in [-0.39, 0.29) is 5.41 Å². The molecule has 0 amide bonds. The van der Waals surface area contributed by atoms with Crippen LogP contribution in [0.4, 0.5) is 0 Å². The van der Waals surface area contributed by atoms with Gasteiger partial charge in [0.25, 0.3) is 0 Å². The van der Waals surface area contributed by atoms with E-state index in [1.54, 1.807) is 0 Å². The quantitative estimate of drug-likeness (QED) is 0.702. The Morgan fingerprint density at radius 3 is 2.35 bits per heavy atom. The first-order valence-electron chi connectivity index (χ1n) is 6.01. The van der Waals surface area contributed by atoms with Gasteiger partial charge in [0, 0.05) is 18.3 Å². The molecule has 1 aliphatic rings. The molecule has 92 valence electrons. The maximum atomic E-state index is 4.24. The third-order valence-corrected chi connectivity index (χ3v) is 3.02. The van der Waals surface area contributed by atoms with Crippen molar-refractivity contribution in [3.63, 3.8) is 0 Å². The van der Waals surface area contributed by atoms with Gasteiger partial charge in [-0.25, -0.2) is 0 Å². The van der Waals surface area contributed by atoms with E-state index in [2.05, 4.69) is 58.3 Å². The van der Waals surface area contributed by atoms with E-state index >= 15 is 0 Å². The van der Waals surface area contributed by atoms with Crippen molar-refractivity contribution in [3.05, 3.63) is 52.5 Å². The smallest absolute Gasteiger partial charge is 0.0450 e. The number of rotatable bonds is 2. The maximum Gasteiger partial charge on any atom is 0.0450 e. The van der Waals surface area contributed by atoms with E-state index in [1.807, 2.05) is 13.1 Å². The highest BCUT2D eigenvalue weighted by atomic mass is 14.8. The van der Waals surface area contributed by atoms with Crippen molar-refractivity contribution in [2.45, 2.75) is 34.6 Å². The second kappa shape index (κ2) is 4.81. The molecule has 0 heterocycles. The number of hydrogen-bond acceptors (Lipinski definition) is 1. The van der Waals surface area contributed by atoms with Crippen molar-refractivity contribution in [2.24, 2.45) is 5.41 Å². The standard InChI is InChI=1S/C16H23N/c1-11-8-9-14(13(3)16(4,5)6)15(17-7)12(2)10-11/h9-10,17H,3H2,1-2,4-7H3. The first-order chi connectivity index (χ1) is 7.77. The van der Waals surface area contributed by atoms with E-state index in [1.165, 1.54) is 5.57 Å². The minimum Gasteiger partial charge on any atom is -0.387 e. The van der Waals surface area contributed by atoms with Crippen LogP contribution in [0.3, 0.4) is 0 Å². The van der Waals surface area contributed by atoms with Gasteiger partial charge in [-0.15, -0.1) is 5.73 Å². The van der Waals surface area contributed by atoms with Crippen LogP contribution in [-0.4, -0.2) is 7.05 Å². The first kappa shape index (κ1) is 13.6. The number of nitrogens with one attached hydrogen (secondary N) is 1. The second-order valence-electron chi connectivity index (χ2n) is 5.57. The molecule has 0 saturated carbocycles. The van der Waals surface area contributed by atoms with Crippen LogP contribution >= 0.6 is 0 Å². The molecule has 0 spiro atoms. The summed E-state index contributed by atoms with van der Waals surface area (Å²) in [6.07, 6.45) is 4.19. The highest BCUT2D eigenvalue weighted by Gasteiger charge is 2.20. The average Bonchev–Trinajstić information content (AvgIpc) is 2.34. The molecule has 0 aromatic heterocycles. The molecular weight excluding hydrogens is 206 g/mol. The lowest BCUT2D eigenvalue weighted by molar-refractivity contribution is 0.513. The number of hydrogen-bond donors (Lipinski definition) is 1. The molecule has 0 bridgehead atoms. The lowest BCUT2D eigenvalue weighted by Crippen LogP contribution is -2.16. The Kier molecular flexibility index (Phi) is 3.85. The summed E-state index contributed by atoms with van der Waals surface area (Å²) in [5.74, 6) is 0. The zero-order valence-corrected chi connectivity index (χ0v) is 11.9. The molecule has 1 rings (SSSR count). The Bertz CT molecular complexity index is 458. The Hall–Kier alpha value is -1.46. The van der Waals surface area contributed by atoms with E-state index < -0.39 is 0 Å². The Labute approximate surface area is 105 Å². The van der Waals surface area contributed by atoms with Crippen LogP contribution in [0.25, 0.3) is 0 Å². The molecule has 1 heteroatoms. The van der Waals surface area contributed by atoms with Crippen LogP contribution in [0.2, 0.25) is 0 Å². The second-order valence-corrected chi connectivity index (χ2v) is 5.57. The van der Waals surface area contributed by atoms with Crippen molar-refractivity contribution in [2.75, 3.05) is 7.05 Å². The van der Waals surface area contributed by atoms with Gasteiger partial charge in [-0.1, -0.05) is 27.4 Å². The number of allylic oxidation sites excluding steroid dienone is 5. The third kappa shape index (κ3) is 3.01. The monoisotopic (exact) mass is 229 g/mol. The lowest BCUT2D eigenvalue weighted by atomic mass is 9.81. The summed E-state index contributed by atoms with van der Waals surface area (Å²) < 4.78 is 0. The van der Waals surface area contributed by atoms with Gasteiger partial charge in [-0.3, -0.25) is 0 Å². The molecule has 0 aliphatic heterocycles. The highest BCUT2D eigenvalue weighted by Crippen LogP contribution is 2.33. The van der Waals surface area contributed by atoms with Gasteiger partial charge < -0.3 is 5.32 Å². The summed E-state index contributed by atoms with van der Waals surface area (Å²) in [6, 6.07) is 0. The van der Waals surface area contributed by atoms with Crippen LogP contribution in [0, 0.1) is 5.41 Å². The van der Waals surface area contributed by atoms with Crippen molar-refractivity contribution in [1.82, 2.24) is 5.32 Å². The summed E-state index contributed by atoms with van der Waals surface area (Å²) in [4.78, 5) is 0. The lowest BCUT2D eigenvalue weighted by Gasteiger charge is -2.25. The Morgan fingerprint density at radius 1 is 1.29 bits per heavy atom. The van der Waals surface area contributed by atoms with Crippen LogP contribution in [0.15, 0.2) is 52.5 Å². The van der Waals surface area contributed by atoms with Crippen molar-refractivity contribution in [1.29, 1.82) is 0 Å². The molecule has 0 atom stereocenters. The molecule has 0 aromatic rings. The molecule has 0 fully saturated rings. The van der Waals surface area contributed by atoms with Gasteiger partial charge in [-0.05, 0) is 48.1 Å². The van der Waals surface area contributed by atoms with E-state index in [4.69, 9.17) is 0 Å². The van der Waals surface area contributed by atoms with Gasteiger partial charge >= 0.3 is 0 Å². The fourth-order valence-electron chi connectivity index (χ4n) is 1.88. The summed E-state index contributed by atoms with van der Waals surface area (Å²) >= 11 is 0. The van der Waals surface area contributed by atoms with Crippen LogP contribution in [0.5, 0.6) is 0 Å². The number of likely N-dealkylation sites (N-methyl/N-ethyl adjacent to an activating group) is 1. The molecule has 0 radical (unpaired) electrons. The molecule has 17 heavy (non-hydrogen) atoms. The van der Waals surface area contributed by atoms with E-state index in [0.717, 1.165) is 22.4 Å². The van der Waals surface area contributed by atoms with Gasteiger partial charge in [0.05, 0.1) is 0 Å². The van der Waals surface area contributed by atoms with Gasteiger partial charge in [0.15, 0.2) is 0 Å². The third-order valence-electron chi connectivity index (χ3n) is 3.02. The molecule has 0 aromatic carbocycles. The van der Waals surface area contributed by atoms with Crippen LogP contribution in [-0.2, 0) is 0 Å². The normalized spacial score (nSPS) is 16.4. The van der Waals surface area contributed by atoms with Gasteiger partial charge in [0.1, 0.15) is 0 Å². The summed E-state index contributed by atoms with van der Waals surface area (Å²) in [5.41, 5.74) is 9.18. The van der Waals surface area contributed by atoms with E-state index in [0.29, 0.717) is 0 Å². The fraction of sp³-hybridized carbons (Fsp3) is 0.438. The Balaban J connectivity index is 3.40. The van der Waals surface area contributed by atoms with Crippen molar-refractivity contribution < 1.29 is 0 Å². The maximum absolute atomic E-state index is 4.24. The fourth-order valence-corrected chi connectivity index (χ4v) is 1.88. The summed E-state index contributed by atoms with van der Waals surface area (Å²) in [7, 11) is 1.96. The van der Waals surface area contributed by atoms with Gasteiger partial charge in [-0.2, -0.15) is 0 Å². The topological polar surface area (TPSA) is 12.0 Å². The zero-order valence-electron chi connectivity index (χ0n) is 11.9. The molecule has 1 N–H and O–H groups in total. The largest absolute Gasteiger partial charge is 0.387 e. The molecule has 1 nitrogen and oxygen atoms in total. The predicted octanol–water partition coefficient (Wildman–Crippen LogP) is 4.12. The van der Waals surface area contributed by atoms with Crippen LogP contribution in [0.1, 0.15) is 34.6 Å². The molecule has 0 saturated heterocycles. The van der Waals surface area contributed by atoms with Gasteiger partial charge in [0.2, 0.25) is 0 Å². The van der Waals surface area contributed by atoms with Crippen molar-refractivity contribution >= 4 is 0 Å². The van der Waals surface area contributed by atoms with Crippen LogP contribution < -0.4 is 5.32 Å². The molecule has 1 aliphatic carbocycles. The first-order valence-corrected chi connectivity index (χ1v) is 6.01.